The van der Waals surface area contributed by atoms with E-state index >= 15 is 0 Å². The number of furan rings is 1. The van der Waals surface area contributed by atoms with Crippen LogP contribution in [0.1, 0.15) is 33.5 Å². The monoisotopic (exact) mass is 409 g/mol. The summed E-state index contributed by atoms with van der Waals surface area (Å²) in [6.45, 7) is 3.69. The molecule has 9 heteroatoms. The average molecular weight is 410 g/mol. The van der Waals surface area contributed by atoms with Gasteiger partial charge in [-0.25, -0.2) is 4.79 Å². The number of rotatable bonds is 4. The van der Waals surface area contributed by atoms with Crippen LogP contribution in [0.5, 0.6) is 0 Å². The van der Waals surface area contributed by atoms with Crippen molar-refractivity contribution >= 4 is 55.3 Å². The Morgan fingerprint density at radius 1 is 1.42 bits per heavy atom. The van der Waals surface area contributed by atoms with Gasteiger partial charge in [0.05, 0.1) is 6.61 Å². The first kappa shape index (κ1) is 16.6. The zero-order valence-corrected chi connectivity index (χ0v) is 15.2. The maximum atomic E-state index is 12.5. The molecule has 1 N–H and O–H groups in total. The number of nitrogens with one attached hydrogen (secondary N) is 1. The minimum atomic E-state index is -0.633. The number of carbonyl (C=O) groups excluding carboxylic acids is 2. The fourth-order valence-electron chi connectivity index (χ4n) is 2.18. The molecule has 3 rings (SSSR count). The number of anilines is 1. The van der Waals surface area contributed by atoms with E-state index in [1.165, 1.54) is 0 Å². The van der Waals surface area contributed by atoms with E-state index in [4.69, 9.17) is 9.15 Å². The molecule has 0 atom stereocenters. The first-order valence-electron chi connectivity index (χ1n) is 7.00. The Labute approximate surface area is 149 Å². The summed E-state index contributed by atoms with van der Waals surface area (Å²) in [6, 6.07) is 5.49. The number of amides is 1. The Morgan fingerprint density at radius 2 is 2.21 bits per heavy atom. The van der Waals surface area contributed by atoms with E-state index in [2.05, 4.69) is 30.8 Å². The molecule has 1 aromatic carbocycles. The quantitative estimate of drug-likeness (QED) is 0.658. The minimum absolute atomic E-state index is 0.0216. The first-order chi connectivity index (χ1) is 11.5. The SMILES string of the molecule is CCOC(=O)c1nnsc1NC(=O)c1oc2ccc(Br)cc2c1C. The van der Waals surface area contributed by atoms with Crippen molar-refractivity contribution in [2.24, 2.45) is 0 Å². The standard InChI is InChI=1S/C15H12BrN3O4S/c1-3-22-15(21)11-14(24-19-18-11)17-13(20)12-7(2)9-6-8(16)4-5-10(9)23-12/h4-6H,3H2,1-2H3,(H,17,20). The number of benzene rings is 1. The highest BCUT2D eigenvalue weighted by atomic mass is 79.9. The second kappa shape index (κ2) is 6.70. The third-order valence-electron chi connectivity index (χ3n) is 3.29. The number of aryl methyl sites for hydroxylation is 1. The van der Waals surface area contributed by atoms with Gasteiger partial charge in [-0.3, -0.25) is 4.79 Å². The summed E-state index contributed by atoms with van der Waals surface area (Å²) in [5, 5.41) is 7.37. The molecule has 0 saturated heterocycles. The van der Waals surface area contributed by atoms with Crippen molar-refractivity contribution < 1.29 is 18.7 Å². The Bertz CT molecular complexity index is 934. The minimum Gasteiger partial charge on any atom is -0.461 e. The van der Waals surface area contributed by atoms with Crippen molar-refractivity contribution in [2.75, 3.05) is 11.9 Å². The second-order valence-corrected chi connectivity index (χ2v) is 6.49. The molecule has 0 fully saturated rings. The molecule has 1 amide bonds. The van der Waals surface area contributed by atoms with Crippen LogP contribution in [0.3, 0.4) is 0 Å². The number of ether oxygens (including phenoxy) is 1. The summed E-state index contributed by atoms with van der Waals surface area (Å²) in [5.74, 6) is -0.936. The van der Waals surface area contributed by atoms with Crippen LogP contribution >= 0.6 is 27.5 Å². The van der Waals surface area contributed by atoms with Gasteiger partial charge in [0.1, 0.15) is 5.58 Å². The van der Waals surface area contributed by atoms with Crippen LogP contribution in [0.15, 0.2) is 27.1 Å². The van der Waals surface area contributed by atoms with E-state index in [1.807, 2.05) is 12.1 Å². The predicted molar refractivity (Wildman–Crippen MR) is 92.5 cm³/mol. The van der Waals surface area contributed by atoms with Gasteiger partial charge in [-0.1, -0.05) is 20.4 Å². The van der Waals surface area contributed by atoms with Gasteiger partial charge >= 0.3 is 5.97 Å². The summed E-state index contributed by atoms with van der Waals surface area (Å²) in [4.78, 5) is 24.3. The molecule has 0 unspecified atom stereocenters. The van der Waals surface area contributed by atoms with E-state index in [-0.39, 0.29) is 23.1 Å². The van der Waals surface area contributed by atoms with Crippen LogP contribution in [0.2, 0.25) is 0 Å². The van der Waals surface area contributed by atoms with Gasteiger partial charge in [0.25, 0.3) is 5.91 Å². The molecule has 3 aromatic rings. The van der Waals surface area contributed by atoms with Crippen LogP contribution in [0.4, 0.5) is 5.00 Å². The number of carbonyl (C=O) groups is 2. The lowest BCUT2D eigenvalue weighted by Gasteiger charge is -2.03. The molecule has 0 aliphatic rings. The van der Waals surface area contributed by atoms with E-state index in [0.29, 0.717) is 11.1 Å². The topological polar surface area (TPSA) is 94.3 Å². The lowest BCUT2D eigenvalue weighted by molar-refractivity contribution is 0.0520. The van der Waals surface area contributed by atoms with E-state index in [0.717, 1.165) is 21.4 Å². The molecule has 0 bridgehead atoms. The highest BCUT2D eigenvalue weighted by Crippen LogP contribution is 2.29. The smallest absolute Gasteiger partial charge is 0.362 e. The zero-order chi connectivity index (χ0) is 17.3. The first-order valence-corrected chi connectivity index (χ1v) is 8.57. The van der Waals surface area contributed by atoms with Gasteiger partial charge in [-0.05, 0) is 32.0 Å². The van der Waals surface area contributed by atoms with Crippen molar-refractivity contribution in [2.45, 2.75) is 13.8 Å². The van der Waals surface area contributed by atoms with Crippen molar-refractivity contribution in [3.63, 3.8) is 0 Å². The average Bonchev–Trinajstić information content (AvgIpc) is 3.13. The number of hydrogen-bond acceptors (Lipinski definition) is 7. The van der Waals surface area contributed by atoms with Crippen molar-refractivity contribution in [3.8, 4) is 0 Å². The lowest BCUT2D eigenvalue weighted by atomic mass is 10.1. The van der Waals surface area contributed by atoms with Crippen LogP contribution in [0, 0.1) is 6.92 Å². The van der Waals surface area contributed by atoms with E-state index in [1.54, 1.807) is 19.9 Å². The fourth-order valence-corrected chi connectivity index (χ4v) is 3.09. The second-order valence-electron chi connectivity index (χ2n) is 4.82. The molecule has 124 valence electrons. The van der Waals surface area contributed by atoms with Crippen molar-refractivity contribution in [1.82, 2.24) is 9.59 Å². The third kappa shape index (κ3) is 3.04. The molecule has 0 saturated carbocycles. The molecule has 2 aromatic heterocycles. The van der Waals surface area contributed by atoms with Crippen LogP contribution in [-0.2, 0) is 4.74 Å². The van der Waals surface area contributed by atoms with Crippen LogP contribution < -0.4 is 5.32 Å². The van der Waals surface area contributed by atoms with Gasteiger partial charge in [-0.2, -0.15) is 0 Å². The summed E-state index contributed by atoms with van der Waals surface area (Å²) in [7, 11) is 0. The molecule has 24 heavy (non-hydrogen) atoms. The molecular weight excluding hydrogens is 398 g/mol. The van der Waals surface area contributed by atoms with Crippen molar-refractivity contribution in [3.05, 3.63) is 39.7 Å². The number of hydrogen-bond donors (Lipinski definition) is 1. The Kier molecular flexibility index (Phi) is 4.63. The lowest BCUT2D eigenvalue weighted by Crippen LogP contribution is -2.15. The predicted octanol–water partition coefficient (Wildman–Crippen LogP) is 3.78. The highest BCUT2D eigenvalue weighted by Gasteiger charge is 2.23. The zero-order valence-electron chi connectivity index (χ0n) is 12.8. The number of fused-ring (bicyclic) bond motifs is 1. The molecule has 0 aliphatic heterocycles. The normalized spacial score (nSPS) is 10.8. The fraction of sp³-hybridized carbons (Fsp3) is 0.200. The Balaban J connectivity index is 1.90. The molecule has 2 heterocycles. The summed E-state index contributed by atoms with van der Waals surface area (Å²) in [6.07, 6.45) is 0. The van der Waals surface area contributed by atoms with Gasteiger partial charge in [-0.15, -0.1) is 5.10 Å². The number of aromatic nitrogens is 2. The van der Waals surface area contributed by atoms with Crippen molar-refractivity contribution in [1.29, 1.82) is 0 Å². The molecule has 0 radical (unpaired) electrons. The summed E-state index contributed by atoms with van der Waals surface area (Å²) < 4.78 is 15.1. The molecule has 0 aliphatic carbocycles. The number of halogens is 1. The van der Waals surface area contributed by atoms with E-state index < -0.39 is 11.9 Å². The number of esters is 1. The molecule has 0 spiro atoms. The molecular formula is C15H12BrN3O4S. The largest absolute Gasteiger partial charge is 0.461 e. The van der Waals surface area contributed by atoms with Crippen LogP contribution in [-0.4, -0.2) is 28.1 Å². The maximum Gasteiger partial charge on any atom is 0.362 e. The van der Waals surface area contributed by atoms with Gasteiger partial charge < -0.3 is 14.5 Å². The highest BCUT2D eigenvalue weighted by molar-refractivity contribution is 9.10. The maximum absolute atomic E-state index is 12.5. The summed E-state index contributed by atoms with van der Waals surface area (Å²) in [5.41, 5.74) is 1.29. The summed E-state index contributed by atoms with van der Waals surface area (Å²) >= 11 is 4.29. The van der Waals surface area contributed by atoms with Gasteiger partial charge in [0.15, 0.2) is 10.8 Å². The van der Waals surface area contributed by atoms with Gasteiger partial charge in [0.2, 0.25) is 5.69 Å². The van der Waals surface area contributed by atoms with Crippen LogP contribution in [0.25, 0.3) is 11.0 Å². The molecule has 7 nitrogen and oxygen atoms in total. The van der Waals surface area contributed by atoms with E-state index in [9.17, 15) is 9.59 Å². The van der Waals surface area contributed by atoms with Gasteiger partial charge in [0, 0.05) is 27.0 Å². The number of nitrogens with zero attached hydrogens (tertiary/aromatic N) is 2. The Hall–Kier alpha value is -2.26. The Morgan fingerprint density at radius 3 is 2.96 bits per heavy atom. The third-order valence-corrected chi connectivity index (χ3v) is 4.42.